The van der Waals surface area contributed by atoms with E-state index in [9.17, 15) is 9.59 Å². The minimum atomic E-state index is -0.314. The Kier molecular flexibility index (Phi) is 7.57. The maximum atomic E-state index is 14.3. The van der Waals surface area contributed by atoms with Crippen LogP contribution in [0.2, 0.25) is 0 Å². The molecule has 0 N–H and O–H groups in total. The third kappa shape index (κ3) is 4.85. The van der Waals surface area contributed by atoms with E-state index >= 15 is 0 Å². The molecule has 8 rings (SSSR count). The van der Waals surface area contributed by atoms with Crippen LogP contribution in [0.5, 0.6) is 0 Å². The van der Waals surface area contributed by atoms with Gasteiger partial charge < -0.3 is 4.57 Å². The fourth-order valence-electron chi connectivity index (χ4n) is 7.14. The molecule has 7 aromatic rings. The highest BCUT2D eigenvalue weighted by atomic mass is 16.2. The van der Waals surface area contributed by atoms with E-state index in [4.69, 9.17) is 0 Å². The number of carbonyl (C=O) groups is 2. The second kappa shape index (κ2) is 11.9. The summed E-state index contributed by atoms with van der Waals surface area (Å²) in [5.41, 5.74) is 12.2. The summed E-state index contributed by atoms with van der Waals surface area (Å²) >= 11 is 0. The largest absolute Gasteiger partial charge is 0.308 e. The number of benzene rings is 6. The Morgan fingerprint density at radius 3 is 1.83 bits per heavy atom. The molecule has 0 saturated heterocycles. The first kappa shape index (κ1) is 29.9. The first-order valence-corrected chi connectivity index (χ1v) is 16.2. The first-order valence-electron chi connectivity index (χ1n) is 16.2. The van der Waals surface area contributed by atoms with Gasteiger partial charge in [-0.05, 0) is 90.6 Å². The maximum Gasteiger partial charge on any atom is 0.268 e. The molecule has 6 aromatic carbocycles. The summed E-state index contributed by atoms with van der Waals surface area (Å²) in [6, 6.07) is 42.6. The lowest BCUT2D eigenvalue weighted by Crippen LogP contribution is -2.29. The van der Waals surface area contributed by atoms with Gasteiger partial charge in [0.2, 0.25) is 0 Å². The van der Waals surface area contributed by atoms with Crippen molar-refractivity contribution in [2.24, 2.45) is 0 Å². The first-order chi connectivity index (χ1) is 22.9. The number of fused-ring (bicyclic) bond motifs is 4. The van der Waals surface area contributed by atoms with Crippen molar-refractivity contribution in [3.05, 3.63) is 155 Å². The fraction of sp³-hybridized carbons (Fsp3) is 0.116. The number of anilines is 1. The summed E-state index contributed by atoms with van der Waals surface area (Å²) in [5.74, 6) is -0.623. The van der Waals surface area contributed by atoms with Crippen LogP contribution in [0.15, 0.2) is 127 Å². The van der Waals surface area contributed by atoms with Gasteiger partial charge in [0.25, 0.3) is 11.8 Å². The molecule has 0 fully saturated rings. The van der Waals surface area contributed by atoms with Crippen molar-refractivity contribution in [3.8, 4) is 27.9 Å². The molecular weight excluding hydrogens is 576 g/mol. The quantitative estimate of drug-likeness (QED) is 0.186. The Hall–Kier alpha value is -5.74. The number of aryl methyl sites for hydroxylation is 3. The number of nitrogens with zero attached hydrogens (tertiary/aromatic N) is 2. The predicted octanol–water partition coefficient (Wildman–Crippen LogP) is 10.9. The molecule has 0 radical (unpaired) electrons. The van der Waals surface area contributed by atoms with Crippen molar-refractivity contribution in [1.29, 1.82) is 0 Å². The van der Waals surface area contributed by atoms with E-state index in [1.807, 2.05) is 92.7 Å². The third-order valence-corrected chi connectivity index (χ3v) is 9.01. The van der Waals surface area contributed by atoms with E-state index in [-0.39, 0.29) is 11.8 Å². The Bertz CT molecular complexity index is 2310. The van der Waals surface area contributed by atoms with Crippen LogP contribution < -0.4 is 4.90 Å². The van der Waals surface area contributed by atoms with E-state index in [1.54, 1.807) is 6.07 Å². The highest BCUT2D eigenvalue weighted by Crippen LogP contribution is 2.40. The molecule has 0 unspecified atom stereocenters. The molecular formula is C43H36N2O2. The molecule has 0 aliphatic carbocycles. The maximum absolute atomic E-state index is 14.3. The zero-order chi connectivity index (χ0) is 32.8. The van der Waals surface area contributed by atoms with Crippen molar-refractivity contribution in [1.82, 2.24) is 4.57 Å². The molecule has 230 valence electrons. The van der Waals surface area contributed by atoms with Gasteiger partial charge in [0.05, 0.1) is 33.5 Å². The van der Waals surface area contributed by atoms with Crippen LogP contribution >= 0.6 is 0 Å². The van der Waals surface area contributed by atoms with Gasteiger partial charge in [0.15, 0.2) is 0 Å². The van der Waals surface area contributed by atoms with Crippen LogP contribution in [0.3, 0.4) is 0 Å². The minimum Gasteiger partial charge on any atom is -0.308 e. The number of imide groups is 1. The number of carbonyl (C=O) groups excluding carboxylic acids is 2. The number of para-hydroxylation sites is 1. The molecule has 2 amide bonds. The molecule has 1 aliphatic heterocycles. The van der Waals surface area contributed by atoms with Crippen LogP contribution in [0.1, 0.15) is 51.3 Å². The van der Waals surface area contributed by atoms with Gasteiger partial charge in [-0.3, -0.25) is 9.59 Å². The van der Waals surface area contributed by atoms with Crippen LogP contribution in [0, 0.1) is 20.8 Å². The molecule has 1 aromatic heterocycles. The number of amides is 2. The lowest BCUT2D eigenvalue weighted by molar-refractivity contribution is 0.0926. The molecule has 1 aliphatic rings. The monoisotopic (exact) mass is 612 g/mol. The van der Waals surface area contributed by atoms with Crippen LogP contribution in [0.4, 0.5) is 5.69 Å². The summed E-state index contributed by atoms with van der Waals surface area (Å²) in [6.07, 6.45) is 0. The third-order valence-electron chi connectivity index (χ3n) is 9.01. The summed E-state index contributed by atoms with van der Waals surface area (Å²) in [4.78, 5) is 29.4. The normalized spacial score (nSPS) is 12.4. The highest BCUT2D eigenvalue weighted by Gasteiger charge is 2.39. The predicted molar refractivity (Wildman–Crippen MR) is 195 cm³/mol. The lowest BCUT2D eigenvalue weighted by Gasteiger charge is -2.16. The zero-order valence-corrected chi connectivity index (χ0v) is 27.3. The number of aromatic nitrogens is 1. The number of rotatable bonds is 4. The number of hydrogen-bond acceptors (Lipinski definition) is 2. The van der Waals surface area contributed by atoms with Gasteiger partial charge >= 0.3 is 0 Å². The van der Waals surface area contributed by atoms with Crippen molar-refractivity contribution in [2.45, 2.75) is 34.6 Å². The van der Waals surface area contributed by atoms with Crippen molar-refractivity contribution in [2.75, 3.05) is 4.90 Å². The summed E-state index contributed by atoms with van der Waals surface area (Å²) in [7, 11) is 0. The Labute approximate surface area is 275 Å². The summed E-state index contributed by atoms with van der Waals surface area (Å²) in [5, 5.41) is 2.19. The van der Waals surface area contributed by atoms with Gasteiger partial charge in [-0.1, -0.05) is 110 Å². The fourth-order valence-corrected chi connectivity index (χ4v) is 7.14. The van der Waals surface area contributed by atoms with Crippen molar-refractivity contribution in [3.63, 3.8) is 0 Å². The van der Waals surface area contributed by atoms with Gasteiger partial charge in [0.1, 0.15) is 0 Å². The second-order valence-corrected chi connectivity index (χ2v) is 11.9. The zero-order valence-electron chi connectivity index (χ0n) is 27.3. The Morgan fingerprint density at radius 2 is 1.11 bits per heavy atom. The van der Waals surface area contributed by atoms with Crippen LogP contribution in [-0.2, 0) is 0 Å². The molecule has 0 saturated carbocycles. The Morgan fingerprint density at radius 1 is 0.489 bits per heavy atom. The SMILES string of the molecule is CC.Cc1cc(C)c(-c2ccc3c4ccccc4n(-c4cccc5c4C(=O)N(c4ccc(-c6ccccc6)cc4)C5=O)c3c2)c(C)c1. The van der Waals surface area contributed by atoms with E-state index in [0.717, 1.165) is 38.5 Å². The average Bonchev–Trinajstić information content (AvgIpc) is 3.56. The summed E-state index contributed by atoms with van der Waals surface area (Å²) in [6.45, 7) is 10.4. The molecule has 47 heavy (non-hydrogen) atoms. The summed E-state index contributed by atoms with van der Waals surface area (Å²) < 4.78 is 2.15. The number of hydrogen-bond donors (Lipinski definition) is 0. The van der Waals surface area contributed by atoms with E-state index in [1.165, 1.54) is 27.2 Å². The van der Waals surface area contributed by atoms with E-state index < -0.39 is 0 Å². The van der Waals surface area contributed by atoms with Crippen LogP contribution in [-0.4, -0.2) is 16.4 Å². The van der Waals surface area contributed by atoms with E-state index in [0.29, 0.717) is 22.5 Å². The standard InChI is InChI=1S/C41H30N2O2.C2H6/c1-25-22-26(2)38(27(3)23-25)30-18-21-33-32-12-7-8-14-35(32)43(37(33)24-30)36-15-9-13-34-39(36)41(45)42(40(34)44)31-19-16-29(17-20-31)28-10-5-4-6-11-28;1-2/h4-24H,1-3H3;1-2H3. The molecule has 4 nitrogen and oxygen atoms in total. The lowest BCUT2D eigenvalue weighted by atomic mass is 9.93. The van der Waals surface area contributed by atoms with Gasteiger partial charge in [-0.15, -0.1) is 0 Å². The van der Waals surface area contributed by atoms with Gasteiger partial charge in [-0.25, -0.2) is 4.90 Å². The minimum absolute atomic E-state index is 0.309. The molecule has 2 heterocycles. The molecule has 0 spiro atoms. The highest BCUT2D eigenvalue weighted by molar-refractivity contribution is 6.35. The van der Waals surface area contributed by atoms with Crippen molar-refractivity contribution >= 4 is 39.3 Å². The second-order valence-electron chi connectivity index (χ2n) is 11.9. The topological polar surface area (TPSA) is 42.3 Å². The average molecular weight is 613 g/mol. The molecule has 0 atom stereocenters. The van der Waals surface area contributed by atoms with E-state index in [2.05, 4.69) is 67.8 Å². The molecule has 0 bridgehead atoms. The van der Waals surface area contributed by atoms with Gasteiger partial charge in [-0.2, -0.15) is 0 Å². The van der Waals surface area contributed by atoms with Gasteiger partial charge in [0, 0.05) is 10.8 Å². The molecule has 4 heteroatoms. The van der Waals surface area contributed by atoms with Crippen molar-refractivity contribution < 1.29 is 9.59 Å². The van der Waals surface area contributed by atoms with Crippen LogP contribution in [0.25, 0.3) is 49.7 Å². The Balaban J connectivity index is 0.00000172. The smallest absolute Gasteiger partial charge is 0.268 e.